The molecule has 1 atom stereocenters. The number of fused-ring (bicyclic) bond motifs is 1. The number of aromatic carboxylic acids is 1. The third kappa shape index (κ3) is 3.17. The minimum Gasteiger partial charge on any atom is -0.476 e. The van der Waals surface area contributed by atoms with Crippen molar-refractivity contribution in [1.29, 1.82) is 0 Å². The fourth-order valence-corrected chi connectivity index (χ4v) is 4.96. The van der Waals surface area contributed by atoms with Crippen LogP contribution in [-0.2, 0) is 21.9 Å². The minimum atomic E-state index is -4.03. The number of nitrogens with zero attached hydrogens (tertiary/aromatic N) is 2. The average Bonchev–Trinajstić information content (AvgIpc) is 3.08. The van der Waals surface area contributed by atoms with Crippen LogP contribution < -0.4 is 0 Å². The van der Waals surface area contributed by atoms with Gasteiger partial charge >= 0.3 is 5.97 Å². The summed E-state index contributed by atoms with van der Waals surface area (Å²) in [6.07, 6.45) is 3.90. The van der Waals surface area contributed by atoms with Gasteiger partial charge in [-0.05, 0) is 24.6 Å². The predicted molar refractivity (Wildman–Crippen MR) is 109 cm³/mol. The quantitative estimate of drug-likeness (QED) is 0.712. The van der Waals surface area contributed by atoms with Gasteiger partial charge in [-0.3, -0.25) is 0 Å². The molecule has 1 N–H and O–H groups in total. The molecule has 3 aromatic rings. The SMILES string of the molecule is Cc1ccc(S(=O)(=O)n2nc(C(=O)O)c3c2CC(C)(c2ccccc2)C=C3)cc1. The number of carboxylic acids is 1. The van der Waals surface area contributed by atoms with Crippen LogP contribution in [0.25, 0.3) is 6.08 Å². The second-order valence-electron chi connectivity index (χ2n) is 7.47. The van der Waals surface area contributed by atoms with Crippen LogP contribution in [0.3, 0.4) is 0 Å². The van der Waals surface area contributed by atoms with E-state index in [1.54, 1.807) is 18.2 Å². The number of carboxylic acid groups (broad SMARTS) is 1. The maximum Gasteiger partial charge on any atom is 0.357 e. The number of carbonyl (C=O) groups is 1. The van der Waals surface area contributed by atoms with Crippen molar-refractivity contribution in [2.75, 3.05) is 0 Å². The number of benzene rings is 2. The molecule has 1 aliphatic rings. The number of rotatable bonds is 4. The van der Waals surface area contributed by atoms with Gasteiger partial charge in [0.05, 0.1) is 10.6 Å². The molecule has 6 nitrogen and oxygen atoms in total. The molecule has 0 saturated carbocycles. The zero-order valence-corrected chi connectivity index (χ0v) is 16.8. The van der Waals surface area contributed by atoms with Crippen molar-refractivity contribution in [3.8, 4) is 0 Å². The number of aryl methyl sites for hydroxylation is 1. The second kappa shape index (κ2) is 6.70. The van der Waals surface area contributed by atoms with Gasteiger partial charge in [0.1, 0.15) is 0 Å². The minimum absolute atomic E-state index is 0.0707. The molecule has 1 aliphatic carbocycles. The Hall–Kier alpha value is -3.19. The van der Waals surface area contributed by atoms with Crippen LogP contribution in [0.5, 0.6) is 0 Å². The van der Waals surface area contributed by atoms with E-state index in [4.69, 9.17) is 0 Å². The molecule has 1 aromatic heterocycles. The highest BCUT2D eigenvalue weighted by atomic mass is 32.2. The van der Waals surface area contributed by atoms with E-state index >= 15 is 0 Å². The van der Waals surface area contributed by atoms with Gasteiger partial charge in [0.15, 0.2) is 5.69 Å². The zero-order chi connectivity index (χ0) is 20.8. The molecule has 0 spiro atoms. The third-order valence-electron chi connectivity index (χ3n) is 5.32. The summed E-state index contributed by atoms with van der Waals surface area (Å²) in [7, 11) is -4.03. The highest BCUT2D eigenvalue weighted by Gasteiger charge is 2.36. The summed E-state index contributed by atoms with van der Waals surface area (Å²) in [5.41, 5.74) is 1.90. The normalized spacial score (nSPS) is 18.4. The van der Waals surface area contributed by atoms with Crippen LogP contribution in [0.2, 0.25) is 0 Å². The van der Waals surface area contributed by atoms with E-state index in [9.17, 15) is 18.3 Å². The van der Waals surface area contributed by atoms with E-state index in [1.807, 2.05) is 50.3 Å². The Morgan fingerprint density at radius 2 is 1.76 bits per heavy atom. The Labute approximate surface area is 169 Å². The van der Waals surface area contributed by atoms with Crippen LogP contribution in [-0.4, -0.2) is 28.7 Å². The molecule has 148 valence electrons. The lowest BCUT2D eigenvalue weighted by molar-refractivity contribution is 0.0690. The highest BCUT2D eigenvalue weighted by Crippen LogP contribution is 2.37. The molecule has 29 heavy (non-hydrogen) atoms. The third-order valence-corrected chi connectivity index (χ3v) is 6.95. The second-order valence-corrected chi connectivity index (χ2v) is 9.24. The fraction of sp³-hybridized carbons (Fsp3) is 0.182. The number of hydrogen-bond acceptors (Lipinski definition) is 4. The fourth-order valence-electron chi connectivity index (χ4n) is 3.64. The molecule has 0 radical (unpaired) electrons. The summed E-state index contributed by atoms with van der Waals surface area (Å²) in [6.45, 7) is 3.86. The van der Waals surface area contributed by atoms with E-state index in [2.05, 4.69) is 5.10 Å². The standard InChI is InChI=1S/C22H20N2O4S/c1-15-8-10-17(11-9-15)29(27,28)24-19-14-22(2,16-6-4-3-5-7-16)13-12-18(19)20(23-24)21(25)26/h3-13H,14H2,1-2H3,(H,25,26). The van der Waals surface area contributed by atoms with Gasteiger partial charge in [-0.15, -0.1) is 5.10 Å². The number of allylic oxidation sites excluding steroid dienone is 1. The van der Waals surface area contributed by atoms with Crippen molar-refractivity contribution in [2.45, 2.75) is 30.6 Å². The van der Waals surface area contributed by atoms with Crippen molar-refractivity contribution in [3.63, 3.8) is 0 Å². The van der Waals surface area contributed by atoms with Crippen molar-refractivity contribution in [1.82, 2.24) is 9.19 Å². The van der Waals surface area contributed by atoms with E-state index in [0.717, 1.165) is 15.2 Å². The molecule has 2 aromatic carbocycles. The molecule has 0 fully saturated rings. The van der Waals surface area contributed by atoms with Crippen molar-refractivity contribution in [2.24, 2.45) is 0 Å². The number of hydrogen-bond donors (Lipinski definition) is 1. The smallest absolute Gasteiger partial charge is 0.357 e. The molecule has 0 bridgehead atoms. The molecular weight excluding hydrogens is 388 g/mol. The zero-order valence-electron chi connectivity index (χ0n) is 16.0. The summed E-state index contributed by atoms with van der Waals surface area (Å²) >= 11 is 0. The Balaban J connectivity index is 1.90. The van der Waals surface area contributed by atoms with E-state index in [0.29, 0.717) is 17.7 Å². The van der Waals surface area contributed by atoms with Crippen LogP contribution in [0.1, 0.15) is 39.8 Å². The van der Waals surface area contributed by atoms with E-state index < -0.39 is 21.4 Å². The monoisotopic (exact) mass is 408 g/mol. The summed E-state index contributed by atoms with van der Waals surface area (Å²) in [4.78, 5) is 11.8. The number of aromatic nitrogens is 2. The van der Waals surface area contributed by atoms with E-state index in [1.165, 1.54) is 12.1 Å². The van der Waals surface area contributed by atoms with Gasteiger partial charge in [0.2, 0.25) is 0 Å². The molecular formula is C22H20N2O4S. The Bertz CT molecular complexity index is 1230. The van der Waals surface area contributed by atoms with Crippen molar-refractivity contribution < 1.29 is 18.3 Å². The first kappa shape index (κ1) is 19.1. The maximum atomic E-state index is 13.3. The van der Waals surface area contributed by atoms with Gasteiger partial charge in [0.25, 0.3) is 10.0 Å². The van der Waals surface area contributed by atoms with Gasteiger partial charge in [0, 0.05) is 17.4 Å². The maximum absolute atomic E-state index is 13.3. The summed E-state index contributed by atoms with van der Waals surface area (Å²) in [5.74, 6) is -1.26. The molecule has 1 unspecified atom stereocenters. The van der Waals surface area contributed by atoms with Crippen molar-refractivity contribution in [3.05, 3.63) is 88.8 Å². The van der Waals surface area contributed by atoms with Gasteiger partial charge in [-0.2, -0.15) is 12.5 Å². The lowest BCUT2D eigenvalue weighted by Gasteiger charge is -2.30. The Morgan fingerprint density at radius 3 is 2.38 bits per heavy atom. The first-order valence-electron chi connectivity index (χ1n) is 9.14. The summed E-state index contributed by atoms with van der Waals surface area (Å²) < 4.78 is 27.5. The van der Waals surface area contributed by atoms with Crippen molar-refractivity contribution >= 4 is 22.1 Å². The molecule has 4 rings (SSSR count). The lowest BCUT2D eigenvalue weighted by Crippen LogP contribution is -2.28. The highest BCUT2D eigenvalue weighted by molar-refractivity contribution is 7.89. The van der Waals surface area contributed by atoms with Crippen LogP contribution in [0, 0.1) is 6.92 Å². The molecule has 1 heterocycles. The molecule has 0 aliphatic heterocycles. The average molecular weight is 408 g/mol. The first-order valence-corrected chi connectivity index (χ1v) is 10.6. The van der Waals surface area contributed by atoms with Gasteiger partial charge in [-0.25, -0.2) is 4.79 Å². The first-order chi connectivity index (χ1) is 13.7. The van der Waals surface area contributed by atoms with Crippen LogP contribution in [0.4, 0.5) is 0 Å². The van der Waals surface area contributed by atoms with Gasteiger partial charge < -0.3 is 5.11 Å². The summed E-state index contributed by atoms with van der Waals surface area (Å²) in [6, 6.07) is 16.1. The lowest BCUT2D eigenvalue weighted by atomic mass is 9.75. The van der Waals surface area contributed by atoms with Gasteiger partial charge in [-0.1, -0.05) is 67.1 Å². The molecule has 0 saturated heterocycles. The molecule has 7 heteroatoms. The Kier molecular flexibility index (Phi) is 4.42. The van der Waals surface area contributed by atoms with Crippen LogP contribution >= 0.6 is 0 Å². The topological polar surface area (TPSA) is 89.3 Å². The Morgan fingerprint density at radius 1 is 1.10 bits per heavy atom. The molecule has 0 amide bonds. The van der Waals surface area contributed by atoms with Crippen LogP contribution in [0.15, 0.2) is 65.6 Å². The summed E-state index contributed by atoms with van der Waals surface area (Å²) in [5, 5.41) is 13.6. The van der Waals surface area contributed by atoms with E-state index in [-0.39, 0.29) is 10.6 Å². The predicted octanol–water partition coefficient (Wildman–Crippen LogP) is 3.65. The largest absolute Gasteiger partial charge is 0.476 e.